The van der Waals surface area contributed by atoms with Crippen LogP contribution >= 0.6 is 11.3 Å². The van der Waals surface area contributed by atoms with E-state index in [4.69, 9.17) is 0 Å². The summed E-state index contributed by atoms with van der Waals surface area (Å²) in [5, 5.41) is 3.01. The first-order valence-corrected chi connectivity index (χ1v) is 8.34. The van der Waals surface area contributed by atoms with Gasteiger partial charge in [0.05, 0.1) is 6.04 Å². The zero-order chi connectivity index (χ0) is 15.7. The van der Waals surface area contributed by atoms with Gasteiger partial charge in [-0.1, -0.05) is 0 Å². The van der Waals surface area contributed by atoms with Crippen molar-refractivity contribution in [3.05, 3.63) is 50.3 Å². The summed E-state index contributed by atoms with van der Waals surface area (Å²) in [7, 11) is 1.68. The number of hydrogen-bond acceptors (Lipinski definition) is 4. The Hall–Kier alpha value is -1.95. The van der Waals surface area contributed by atoms with Crippen molar-refractivity contribution in [2.24, 2.45) is 7.05 Å². The van der Waals surface area contributed by atoms with Crippen LogP contribution in [0.3, 0.4) is 0 Å². The Kier molecular flexibility index (Phi) is 4.11. The van der Waals surface area contributed by atoms with Gasteiger partial charge >= 0.3 is 0 Å². The minimum Gasteiger partial charge on any atom is -0.329 e. The minimum absolute atomic E-state index is 0.0315. The van der Waals surface area contributed by atoms with Gasteiger partial charge in [-0.05, 0) is 32.3 Å². The molecule has 6 heteroatoms. The zero-order valence-electron chi connectivity index (χ0n) is 12.8. The lowest BCUT2D eigenvalue weighted by atomic mass is 10.0. The lowest BCUT2D eigenvalue weighted by Crippen LogP contribution is -2.39. The number of rotatable bonds is 2. The van der Waals surface area contributed by atoms with Crippen LogP contribution in [0.15, 0.2) is 28.5 Å². The number of nitrogens with zero attached hydrogens (tertiary/aromatic N) is 3. The number of carbonyl (C=O) groups excluding carboxylic acids is 1. The van der Waals surface area contributed by atoms with Crippen LogP contribution in [0.4, 0.5) is 0 Å². The molecule has 116 valence electrons. The molecule has 1 aliphatic heterocycles. The predicted octanol–water partition coefficient (Wildman–Crippen LogP) is 2.52. The van der Waals surface area contributed by atoms with Crippen LogP contribution in [0.5, 0.6) is 0 Å². The third-order valence-corrected chi connectivity index (χ3v) is 5.10. The Balaban J connectivity index is 1.91. The van der Waals surface area contributed by atoms with Crippen molar-refractivity contribution in [1.29, 1.82) is 0 Å². The fraction of sp³-hybridized carbons (Fsp3) is 0.438. The van der Waals surface area contributed by atoms with Gasteiger partial charge in [-0.3, -0.25) is 9.59 Å². The molecular formula is C16H19N3O2S. The molecule has 0 radical (unpaired) electrons. The second kappa shape index (κ2) is 6.04. The molecule has 22 heavy (non-hydrogen) atoms. The Bertz CT molecular complexity index is 750. The van der Waals surface area contributed by atoms with Gasteiger partial charge in [0.1, 0.15) is 5.01 Å². The molecule has 0 bridgehead atoms. The highest BCUT2D eigenvalue weighted by atomic mass is 32.1. The summed E-state index contributed by atoms with van der Waals surface area (Å²) in [6.45, 7) is 2.69. The number of aromatic nitrogens is 2. The normalized spacial score (nSPS) is 18.5. The van der Waals surface area contributed by atoms with E-state index < -0.39 is 0 Å². The molecule has 1 saturated heterocycles. The van der Waals surface area contributed by atoms with E-state index in [1.54, 1.807) is 30.6 Å². The summed E-state index contributed by atoms with van der Waals surface area (Å²) in [6, 6.07) is 3.16. The van der Waals surface area contributed by atoms with Crippen LogP contribution in [0.2, 0.25) is 0 Å². The standard InChI is InChI=1S/C16H19N3O2S/c1-11-10-22-15(17-11)13-5-3-4-7-19(13)16(21)12-6-8-18(2)14(20)9-12/h6,8-10,13H,3-5,7H2,1-2H3. The van der Waals surface area contributed by atoms with E-state index in [0.29, 0.717) is 5.56 Å². The molecule has 2 aromatic rings. The van der Waals surface area contributed by atoms with Crippen molar-refractivity contribution in [1.82, 2.24) is 14.5 Å². The molecule has 3 rings (SSSR count). The van der Waals surface area contributed by atoms with Crippen molar-refractivity contribution >= 4 is 17.2 Å². The van der Waals surface area contributed by atoms with Crippen LogP contribution < -0.4 is 5.56 Å². The predicted molar refractivity (Wildman–Crippen MR) is 86.2 cm³/mol. The third-order valence-electron chi connectivity index (χ3n) is 4.04. The van der Waals surface area contributed by atoms with Gasteiger partial charge in [0.25, 0.3) is 11.5 Å². The molecule has 0 aliphatic carbocycles. The number of thiazole rings is 1. The molecule has 1 atom stereocenters. The van der Waals surface area contributed by atoms with Crippen LogP contribution in [-0.4, -0.2) is 26.9 Å². The molecule has 0 saturated carbocycles. The number of amides is 1. The second-order valence-electron chi connectivity index (χ2n) is 5.70. The Morgan fingerprint density at radius 3 is 2.91 bits per heavy atom. The number of aryl methyl sites for hydroxylation is 2. The van der Waals surface area contributed by atoms with Crippen LogP contribution in [0.1, 0.15) is 46.4 Å². The molecule has 2 aromatic heterocycles. The summed E-state index contributed by atoms with van der Waals surface area (Å²) < 4.78 is 1.47. The zero-order valence-corrected chi connectivity index (χ0v) is 13.6. The SMILES string of the molecule is Cc1csc(C2CCCCN2C(=O)c2ccn(C)c(=O)c2)n1. The lowest BCUT2D eigenvalue weighted by molar-refractivity contribution is 0.0610. The largest absolute Gasteiger partial charge is 0.329 e. The fourth-order valence-electron chi connectivity index (χ4n) is 2.80. The van der Waals surface area contributed by atoms with Crippen molar-refractivity contribution in [2.45, 2.75) is 32.2 Å². The molecule has 0 spiro atoms. The number of carbonyl (C=O) groups is 1. The van der Waals surface area contributed by atoms with Crippen molar-refractivity contribution < 1.29 is 4.79 Å². The van der Waals surface area contributed by atoms with E-state index in [-0.39, 0.29) is 17.5 Å². The second-order valence-corrected chi connectivity index (χ2v) is 6.59. The van der Waals surface area contributed by atoms with Gasteiger partial charge in [-0.2, -0.15) is 0 Å². The summed E-state index contributed by atoms with van der Waals surface area (Å²) >= 11 is 1.61. The summed E-state index contributed by atoms with van der Waals surface area (Å²) in [4.78, 5) is 31.0. The Morgan fingerprint density at radius 2 is 2.23 bits per heavy atom. The molecule has 0 aromatic carbocycles. The average molecular weight is 317 g/mol. The summed E-state index contributed by atoms with van der Waals surface area (Å²) in [6.07, 6.45) is 4.67. The molecule has 1 unspecified atom stereocenters. The number of likely N-dealkylation sites (tertiary alicyclic amines) is 1. The van der Waals surface area contributed by atoms with Crippen molar-refractivity contribution in [2.75, 3.05) is 6.54 Å². The quantitative estimate of drug-likeness (QED) is 0.855. The van der Waals surface area contributed by atoms with E-state index in [1.165, 1.54) is 10.6 Å². The maximum Gasteiger partial charge on any atom is 0.254 e. The van der Waals surface area contributed by atoms with Crippen molar-refractivity contribution in [3.8, 4) is 0 Å². The van der Waals surface area contributed by atoms with E-state index in [0.717, 1.165) is 36.5 Å². The lowest BCUT2D eigenvalue weighted by Gasteiger charge is -2.34. The van der Waals surface area contributed by atoms with Gasteiger partial charge in [-0.25, -0.2) is 4.98 Å². The highest BCUT2D eigenvalue weighted by molar-refractivity contribution is 7.09. The van der Waals surface area contributed by atoms with Crippen LogP contribution in [0.25, 0.3) is 0 Å². The Morgan fingerprint density at radius 1 is 1.41 bits per heavy atom. The fourth-order valence-corrected chi connectivity index (χ4v) is 3.75. The number of pyridine rings is 1. The molecule has 1 fully saturated rings. The molecule has 0 N–H and O–H groups in total. The number of piperidine rings is 1. The van der Waals surface area contributed by atoms with Gasteiger partial charge in [0.2, 0.25) is 0 Å². The Labute approximate surface area is 133 Å². The van der Waals surface area contributed by atoms with Gasteiger partial charge in [0, 0.05) is 42.5 Å². The van der Waals surface area contributed by atoms with Crippen LogP contribution in [-0.2, 0) is 7.05 Å². The first kappa shape index (κ1) is 15.0. The molecule has 5 nitrogen and oxygen atoms in total. The van der Waals surface area contributed by atoms with Gasteiger partial charge < -0.3 is 9.47 Å². The van der Waals surface area contributed by atoms with E-state index in [1.807, 2.05) is 17.2 Å². The van der Waals surface area contributed by atoms with E-state index in [2.05, 4.69) is 4.98 Å². The van der Waals surface area contributed by atoms with Gasteiger partial charge in [-0.15, -0.1) is 11.3 Å². The maximum absolute atomic E-state index is 12.8. The maximum atomic E-state index is 12.8. The van der Waals surface area contributed by atoms with Crippen molar-refractivity contribution in [3.63, 3.8) is 0 Å². The first-order valence-electron chi connectivity index (χ1n) is 7.46. The first-order chi connectivity index (χ1) is 10.6. The highest BCUT2D eigenvalue weighted by Gasteiger charge is 2.30. The average Bonchev–Trinajstić information content (AvgIpc) is 2.96. The highest BCUT2D eigenvalue weighted by Crippen LogP contribution is 2.33. The smallest absolute Gasteiger partial charge is 0.254 e. The topological polar surface area (TPSA) is 55.2 Å². The molecule has 1 amide bonds. The van der Waals surface area contributed by atoms with Crippen LogP contribution in [0, 0.1) is 6.92 Å². The third kappa shape index (κ3) is 2.83. The summed E-state index contributed by atoms with van der Waals surface area (Å²) in [5.41, 5.74) is 1.29. The minimum atomic E-state index is -0.162. The summed E-state index contributed by atoms with van der Waals surface area (Å²) in [5.74, 6) is -0.0738. The van der Waals surface area contributed by atoms with Gasteiger partial charge in [0.15, 0.2) is 0 Å². The molecular weight excluding hydrogens is 298 g/mol. The van der Waals surface area contributed by atoms with E-state index >= 15 is 0 Å². The van der Waals surface area contributed by atoms with E-state index in [9.17, 15) is 9.59 Å². The monoisotopic (exact) mass is 317 g/mol. The molecule has 3 heterocycles. The number of hydrogen-bond donors (Lipinski definition) is 0. The molecule has 1 aliphatic rings.